The van der Waals surface area contributed by atoms with Gasteiger partial charge in [-0.3, -0.25) is 9.78 Å². The Hall–Kier alpha value is -2.39. The summed E-state index contributed by atoms with van der Waals surface area (Å²) in [6.45, 7) is 5.92. The van der Waals surface area contributed by atoms with E-state index >= 15 is 0 Å². The Morgan fingerprint density at radius 3 is 2.62 bits per heavy atom. The van der Waals surface area contributed by atoms with E-state index < -0.39 is 0 Å². The molecule has 1 amide bonds. The molecule has 1 heterocycles. The average molecular weight is 339 g/mol. The molecular weight excluding hydrogens is 320 g/mol. The highest BCUT2D eigenvalue weighted by atomic mass is 35.5. The molecule has 0 radical (unpaired) electrons. The third-order valence-electron chi connectivity index (χ3n) is 4.23. The summed E-state index contributed by atoms with van der Waals surface area (Å²) in [4.78, 5) is 17.6. The number of halogens is 1. The average Bonchev–Trinajstić information content (AvgIpc) is 2.57. The molecule has 1 N–H and O–H groups in total. The molecule has 122 valence electrons. The molecule has 0 aliphatic rings. The van der Waals surface area contributed by atoms with E-state index in [1.165, 1.54) is 0 Å². The zero-order valence-electron chi connectivity index (χ0n) is 14.0. The van der Waals surface area contributed by atoms with Gasteiger partial charge >= 0.3 is 0 Å². The minimum absolute atomic E-state index is 0.131. The molecule has 0 unspecified atom stereocenters. The SMILES string of the molecule is CCc1nc2ccccc2c(C)c1C(=O)Nc1ccc(Cl)cc1C. The fraction of sp³-hybridized carbons (Fsp3) is 0.200. The largest absolute Gasteiger partial charge is 0.322 e. The van der Waals surface area contributed by atoms with E-state index in [4.69, 9.17) is 11.6 Å². The van der Waals surface area contributed by atoms with Gasteiger partial charge in [-0.15, -0.1) is 0 Å². The molecule has 0 saturated carbocycles. The molecule has 0 atom stereocenters. The van der Waals surface area contributed by atoms with Crippen molar-refractivity contribution in [1.29, 1.82) is 0 Å². The Balaban J connectivity index is 2.07. The molecule has 2 aromatic carbocycles. The summed E-state index contributed by atoms with van der Waals surface area (Å²) in [7, 11) is 0. The first kappa shape index (κ1) is 16.5. The van der Waals surface area contributed by atoms with Crippen molar-refractivity contribution in [2.75, 3.05) is 5.32 Å². The van der Waals surface area contributed by atoms with Gasteiger partial charge in [-0.1, -0.05) is 36.7 Å². The fourth-order valence-electron chi connectivity index (χ4n) is 2.95. The molecule has 0 aliphatic heterocycles. The molecule has 0 fully saturated rings. The number of hydrogen-bond acceptors (Lipinski definition) is 2. The minimum Gasteiger partial charge on any atom is -0.322 e. The van der Waals surface area contributed by atoms with Gasteiger partial charge in [0.2, 0.25) is 0 Å². The van der Waals surface area contributed by atoms with E-state index in [9.17, 15) is 4.79 Å². The van der Waals surface area contributed by atoms with Crippen molar-refractivity contribution >= 4 is 34.1 Å². The van der Waals surface area contributed by atoms with Gasteiger partial charge in [0.05, 0.1) is 16.8 Å². The number of nitrogens with zero attached hydrogens (tertiary/aromatic N) is 1. The third kappa shape index (κ3) is 3.00. The molecular formula is C20H19ClN2O. The van der Waals surface area contributed by atoms with Crippen LogP contribution >= 0.6 is 11.6 Å². The number of anilines is 1. The summed E-state index contributed by atoms with van der Waals surface area (Å²) in [6.07, 6.45) is 0.702. The maximum Gasteiger partial charge on any atom is 0.257 e. The van der Waals surface area contributed by atoms with Crippen LogP contribution in [0.25, 0.3) is 10.9 Å². The molecule has 24 heavy (non-hydrogen) atoms. The zero-order chi connectivity index (χ0) is 17.3. The van der Waals surface area contributed by atoms with Gasteiger partial charge in [-0.25, -0.2) is 0 Å². The van der Waals surface area contributed by atoms with E-state index in [1.54, 1.807) is 6.07 Å². The van der Waals surface area contributed by atoms with Crippen LogP contribution in [0.2, 0.25) is 5.02 Å². The number of aromatic nitrogens is 1. The van der Waals surface area contributed by atoms with Crippen LogP contribution in [0.5, 0.6) is 0 Å². The Kier molecular flexibility index (Phi) is 4.54. The monoisotopic (exact) mass is 338 g/mol. The Bertz CT molecular complexity index is 934. The molecule has 0 aliphatic carbocycles. The van der Waals surface area contributed by atoms with Crippen LogP contribution in [0.4, 0.5) is 5.69 Å². The predicted octanol–water partition coefficient (Wildman–Crippen LogP) is 5.32. The molecule has 0 spiro atoms. The first-order chi connectivity index (χ1) is 11.5. The van der Waals surface area contributed by atoms with Crippen molar-refractivity contribution < 1.29 is 4.79 Å². The number of benzene rings is 2. The minimum atomic E-state index is -0.131. The van der Waals surface area contributed by atoms with Gasteiger partial charge in [-0.05, 0) is 55.7 Å². The van der Waals surface area contributed by atoms with Crippen LogP contribution in [-0.2, 0) is 6.42 Å². The van der Waals surface area contributed by atoms with Crippen molar-refractivity contribution in [1.82, 2.24) is 4.98 Å². The summed E-state index contributed by atoms with van der Waals surface area (Å²) in [5.74, 6) is -0.131. The van der Waals surface area contributed by atoms with Crippen LogP contribution in [-0.4, -0.2) is 10.9 Å². The summed E-state index contributed by atoms with van der Waals surface area (Å²) in [6, 6.07) is 13.3. The normalized spacial score (nSPS) is 10.8. The number of para-hydroxylation sites is 1. The molecule has 0 saturated heterocycles. The third-order valence-corrected chi connectivity index (χ3v) is 4.46. The van der Waals surface area contributed by atoms with Gasteiger partial charge in [0.1, 0.15) is 0 Å². The van der Waals surface area contributed by atoms with Crippen LogP contribution < -0.4 is 5.32 Å². The number of carbonyl (C=O) groups is 1. The van der Waals surface area contributed by atoms with Crippen molar-refractivity contribution in [2.45, 2.75) is 27.2 Å². The van der Waals surface area contributed by atoms with Crippen molar-refractivity contribution in [2.24, 2.45) is 0 Å². The van der Waals surface area contributed by atoms with Crippen molar-refractivity contribution in [3.8, 4) is 0 Å². The first-order valence-corrected chi connectivity index (χ1v) is 8.34. The molecule has 3 aromatic rings. The Morgan fingerprint density at radius 1 is 1.17 bits per heavy atom. The van der Waals surface area contributed by atoms with E-state index in [0.717, 1.165) is 33.4 Å². The number of hydrogen-bond donors (Lipinski definition) is 1. The van der Waals surface area contributed by atoms with Gasteiger partial charge in [0.25, 0.3) is 5.91 Å². The summed E-state index contributed by atoms with van der Waals surface area (Å²) in [5.41, 5.74) is 5.05. The number of pyridine rings is 1. The van der Waals surface area contributed by atoms with Gasteiger partial charge < -0.3 is 5.32 Å². The standard InChI is InChI=1S/C20H19ClN2O/c1-4-16-19(13(3)15-7-5-6-8-18(15)22-16)20(24)23-17-10-9-14(21)11-12(17)2/h5-11H,4H2,1-3H3,(H,23,24). The molecule has 3 nitrogen and oxygen atoms in total. The highest BCUT2D eigenvalue weighted by Crippen LogP contribution is 2.25. The lowest BCUT2D eigenvalue weighted by atomic mass is 9.99. The number of aryl methyl sites for hydroxylation is 3. The number of nitrogens with one attached hydrogen (secondary N) is 1. The predicted molar refractivity (Wildman–Crippen MR) is 100 cm³/mol. The highest BCUT2D eigenvalue weighted by molar-refractivity contribution is 6.30. The van der Waals surface area contributed by atoms with Crippen LogP contribution in [0.3, 0.4) is 0 Å². The van der Waals surface area contributed by atoms with E-state index in [0.29, 0.717) is 17.0 Å². The number of rotatable bonds is 3. The van der Waals surface area contributed by atoms with E-state index in [2.05, 4.69) is 10.3 Å². The summed E-state index contributed by atoms with van der Waals surface area (Å²) >= 11 is 5.99. The van der Waals surface area contributed by atoms with Crippen LogP contribution in [0, 0.1) is 13.8 Å². The van der Waals surface area contributed by atoms with Gasteiger partial charge in [0.15, 0.2) is 0 Å². The zero-order valence-corrected chi connectivity index (χ0v) is 14.7. The lowest BCUT2D eigenvalue weighted by Crippen LogP contribution is -2.17. The number of fused-ring (bicyclic) bond motifs is 1. The smallest absolute Gasteiger partial charge is 0.257 e. The number of amides is 1. The second kappa shape index (κ2) is 6.62. The van der Waals surface area contributed by atoms with Crippen LogP contribution in [0.1, 0.15) is 34.1 Å². The maximum absolute atomic E-state index is 12.9. The highest BCUT2D eigenvalue weighted by Gasteiger charge is 2.18. The molecule has 4 heteroatoms. The quantitative estimate of drug-likeness (QED) is 0.702. The van der Waals surface area contributed by atoms with Gasteiger partial charge in [0, 0.05) is 16.1 Å². The lowest BCUT2D eigenvalue weighted by Gasteiger charge is -2.15. The summed E-state index contributed by atoms with van der Waals surface area (Å²) < 4.78 is 0. The van der Waals surface area contributed by atoms with Gasteiger partial charge in [-0.2, -0.15) is 0 Å². The van der Waals surface area contributed by atoms with Crippen molar-refractivity contribution in [3.05, 3.63) is 69.9 Å². The Labute approximate surface area is 146 Å². The summed E-state index contributed by atoms with van der Waals surface area (Å²) in [5, 5.41) is 4.66. The second-order valence-corrected chi connectivity index (χ2v) is 6.28. The van der Waals surface area contributed by atoms with Crippen LogP contribution in [0.15, 0.2) is 42.5 Å². The Morgan fingerprint density at radius 2 is 1.92 bits per heavy atom. The second-order valence-electron chi connectivity index (χ2n) is 5.84. The lowest BCUT2D eigenvalue weighted by molar-refractivity contribution is 0.102. The number of carbonyl (C=O) groups excluding carboxylic acids is 1. The first-order valence-electron chi connectivity index (χ1n) is 7.97. The molecule has 3 rings (SSSR count). The fourth-order valence-corrected chi connectivity index (χ4v) is 3.18. The van der Waals surface area contributed by atoms with Crippen molar-refractivity contribution in [3.63, 3.8) is 0 Å². The van der Waals surface area contributed by atoms with E-state index in [-0.39, 0.29) is 5.91 Å². The van der Waals surface area contributed by atoms with E-state index in [1.807, 2.05) is 57.2 Å². The maximum atomic E-state index is 12.9. The molecule has 1 aromatic heterocycles. The topological polar surface area (TPSA) is 42.0 Å². The molecule has 0 bridgehead atoms.